The summed E-state index contributed by atoms with van der Waals surface area (Å²) in [5, 5.41) is 6.46. The highest BCUT2D eigenvalue weighted by atomic mass is 32.1. The number of hydrogen-bond acceptors (Lipinski definition) is 2. The minimum atomic E-state index is -0.218. The number of hydrogen-bond donors (Lipinski definition) is 2. The molecule has 106 valence electrons. The molecule has 3 nitrogen and oxygen atoms in total. The van der Waals surface area contributed by atoms with Crippen LogP contribution in [0.1, 0.15) is 15.3 Å². The zero-order valence-electron chi connectivity index (χ0n) is 11.6. The molecule has 1 aromatic heterocycles. The lowest BCUT2D eigenvalue weighted by molar-refractivity contribution is 0.626. The first-order valence-electron chi connectivity index (χ1n) is 6.41. The second kappa shape index (κ2) is 7.05. The van der Waals surface area contributed by atoms with Crippen LogP contribution in [0.5, 0.6) is 0 Å². The van der Waals surface area contributed by atoms with E-state index in [4.69, 9.17) is 0 Å². The average molecular weight is 291 g/mol. The number of rotatable bonds is 4. The summed E-state index contributed by atoms with van der Waals surface area (Å²) in [6.45, 7) is 3.46. The molecule has 0 atom stereocenters. The number of aryl methyl sites for hydroxylation is 1. The molecule has 0 aliphatic heterocycles. The van der Waals surface area contributed by atoms with Crippen molar-refractivity contribution in [3.05, 3.63) is 57.5 Å². The first-order chi connectivity index (χ1) is 9.67. The highest BCUT2D eigenvalue weighted by molar-refractivity contribution is 7.11. The van der Waals surface area contributed by atoms with Crippen molar-refractivity contribution in [2.24, 2.45) is 4.99 Å². The van der Waals surface area contributed by atoms with E-state index >= 15 is 0 Å². The van der Waals surface area contributed by atoms with Crippen molar-refractivity contribution in [2.45, 2.75) is 20.0 Å². The predicted octanol–water partition coefficient (Wildman–Crippen LogP) is 3.06. The minimum Gasteiger partial charge on any atom is -0.352 e. The molecule has 1 aromatic carbocycles. The summed E-state index contributed by atoms with van der Waals surface area (Å²) in [6, 6.07) is 10.7. The maximum atomic E-state index is 12.8. The lowest BCUT2D eigenvalue weighted by Gasteiger charge is -2.11. The summed E-state index contributed by atoms with van der Waals surface area (Å²) in [5.74, 6) is 0.518. The zero-order chi connectivity index (χ0) is 14.4. The van der Waals surface area contributed by atoms with E-state index in [-0.39, 0.29) is 5.82 Å². The molecule has 0 saturated carbocycles. The molecule has 0 aliphatic carbocycles. The third-order valence-electron chi connectivity index (χ3n) is 2.82. The molecule has 5 heteroatoms. The quantitative estimate of drug-likeness (QED) is 0.671. The maximum Gasteiger partial charge on any atom is 0.191 e. The van der Waals surface area contributed by atoms with Crippen LogP contribution in [0.2, 0.25) is 0 Å². The van der Waals surface area contributed by atoms with E-state index in [0.717, 1.165) is 18.1 Å². The van der Waals surface area contributed by atoms with Crippen molar-refractivity contribution in [2.75, 3.05) is 7.05 Å². The molecule has 0 unspecified atom stereocenters. The van der Waals surface area contributed by atoms with Crippen LogP contribution in [0.3, 0.4) is 0 Å². The second-order valence-electron chi connectivity index (χ2n) is 4.42. The van der Waals surface area contributed by atoms with Crippen molar-refractivity contribution >= 4 is 17.3 Å². The smallest absolute Gasteiger partial charge is 0.191 e. The van der Waals surface area contributed by atoms with Crippen LogP contribution in [0.15, 0.2) is 41.4 Å². The molecule has 2 rings (SSSR count). The van der Waals surface area contributed by atoms with Crippen molar-refractivity contribution in [3.8, 4) is 0 Å². The normalized spacial score (nSPS) is 11.4. The van der Waals surface area contributed by atoms with Gasteiger partial charge in [-0.2, -0.15) is 0 Å². The molecule has 20 heavy (non-hydrogen) atoms. The van der Waals surface area contributed by atoms with Crippen molar-refractivity contribution in [1.29, 1.82) is 0 Å². The fourth-order valence-electron chi connectivity index (χ4n) is 1.76. The van der Waals surface area contributed by atoms with Crippen LogP contribution in [0, 0.1) is 12.7 Å². The minimum absolute atomic E-state index is 0.218. The Bertz CT molecular complexity index is 575. The lowest BCUT2D eigenvalue weighted by atomic mass is 10.2. The van der Waals surface area contributed by atoms with Crippen LogP contribution >= 0.6 is 11.3 Å². The Morgan fingerprint density at radius 3 is 2.40 bits per heavy atom. The summed E-state index contributed by atoms with van der Waals surface area (Å²) in [4.78, 5) is 6.74. The van der Waals surface area contributed by atoms with Crippen molar-refractivity contribution in [3.63, 3.8) is 0 Å². The van der Waals surface area contributed by atoms with Gasteiger partial charge in [0, 0.05) is 23.3 Å². The number of benzene rings is 1. The summed E-state index contributed by atoms with van der Waals surface area (Å²) in [6.07, 6.45) is 0. The van der Waals surface area contributed by atoms with Gasteiger partial charge < -0.3 is 10.6 Å². The van der Waals surface area contributed by atoms with Crippen molar-refractivity contribution < 1.29 is 4.39 Å². The van der Waals surface area contributed by atoms with E-state index in [1.54, 1.807) is 30.5 Å². The molecule has 1 heterocycles. The van der Waals surface area contributed by atoms with Crippen LogP contribution in [0.25, 0.3) is 0 Å². The predicted molar refractivity (Wildman–Crippen MR) is 82.5 cm³/mol. The molecule has 0 fully saturated rings. The van der Waals surface area contributed by atoms with Crippen LogP contribution in [-0.2, 0) is 13.1 Å². The summed E-state index contributed by atoms with van der Waals surface area (Å²) >= 11 is 1.77. The Balaban J connectivity index is 1.82. The Morgan fingerprint density at radius 2 is 1.80 bits per heavy atom. The van der Waals surface area contributed by atoms with Gasteiger partial charge in [-0.15, -0.1) is 11.3 Å². The number of nitrogens with one attached hydrogen (secondary N) is 2. The zero-order valence-corrected chi connectivity index (χ0v) is 12.4. The van der Waals surface area contributed by atoms with E-state index in [0.29, 0.717) is 6.54 Å². The third kappa shape index (κ3) is 4.35. The molecule has 0 radical (unpaired) electrons. The monoisotopic (exact) mass is 291 g/mol. The molecule has 2 aromatic rings. The topological polar surface area (TPSA) is 36.4 Å². The van der Waals surface area contributed by atoms with Gasteiger partial charge in [0.25, 0.3) is 0 Å². The third-order valence-corrected chi connectivity index (χ3v) is 3.82. The van der Waals surface area contributed by atoms with Crippen LogP contribution in [0.4, 0.5) is 4.39 Å². The fraction of sp³-hybridized carbons (Fsp3) is 0.267. The second-order valence-corrected chi connectivity index (χ2v) is 5.79. The molecule has 2 N–H and O–H groups in total. The molecule has 0 aliphatic rings. The highest BCUT2D eigenvalue weighted by Gasteiger charge is 2.01. The van der Waals surface area contributed by atoms with Gasteiger partial charge in [0.2, 0.25) is 0 Å². The molecule has 0 bridgehead atoms. The molecular formula is C15H18FN3S. The van der Waals surface area contributed by atoms with Gasteiger partial charge in [-0.3, -0.25) is 4.99 Å². The standard InChI is InChI=1S/C15H18FN3S/c1-11-3-8-14(20-11)10-19-15(17-2)18-9-12-4-6-13(16)7-5-12/h3-8H,9-10H2,1-2H3,(H2,17,18,19). The van der Waals surface area contributed by atoms with Gasteiger partial charge >= 0.3 is 0 Å². The molecule has 0 spiro atoms. The summed E-state index contributed by atoms with van der Waals surface area (Å²) in [7, 11) is 1.74. The largest absolute Gasteiger partial charge is 0.352 e. The van der Waals surface area contributed by atoms with E-state index in [1.165, 1.54) is 21.9 Å². The van der Waals surface area contributed by atoms with E-state index in [2.05, 4.69) is 34.7 Å². The van der Waals surface area contributed by atoms with Gasteiger partial charge in [0.15, 0.2) is 5.96 Å². The number of halogens is 1. The summed E-state index contributed by atoms with van der Waals surface area (Å²) < 4.78 is 12.8. The molecule has 0 amide bonds. The number of guanidine groups is 1. The SMILES string of the molecule is CN=C(NCc1ccc(F)cc1)NCc1ccc(C)s1. The van der Waals surface area contributed by atoms with Gasteiger partial charge in [-0.1, -0.05) is 12.1 Å². The average Bonchev–Trinajstić information content (AvgIpc) is 2.87. The van der Waals surface area contributed by atoms with Crippen LogP contribution in [-0.4, -0.2) is 13.0 Å². The highest BCUT2D eigenvalue weighted by Crippen LogP contribution is 2.14. The van der Waals surface area contributed by atoms with Crippen LogP contribution < -0.4 is 10.6 Å². The fourth-order valence-corrected chi connectivity index (χ4v) is 2.59. The Labute approximate surface area is 122 Å². The first kappa shape index (κ1) is 14.5. The van der Waals surface area contributed by atoms with Crippen molar-refractivity contribution in [1.82, 2.24) is 10.6 Å². The number of aliphatic imine (C=N–C) groups is 1. The maximum absolute atomic E-state index is 12.8. The van der Waals surface area contributed by atoms with Gasteiger partial charge in [0.1, 0.15) is 5.82 Å². The lowest BCUT2D eigenvalue weighted by Crippen LogP contribution is -2.36. The Hall–Kier alpha value is -1.88. The van der Waals surface area contributed by atoms with E-state index in [9.17, 15) is 4.39 Å². The Morgan fingerprint density at radius 1 is 1.10 bits per heavy atom. The van der Waals surface area contributed by atoms with E-state index in [1.807, 2.05) is 0 Å². The first-order valence-corrected chi connectivity index (χ1v) is 7.23. The van der Waals surface area contributed by atoms with Gasteiger partial charge in [-0.05, 0) is 36.8 Å². The van der Waals surface area contributed by atoms with E-state index < -0.39 is 0 Å². The van der Waals surface area contributed by atoms with Gasteiger partial charge in [0.05, 0.1) is 6.54 Å². The molecule has 0 saturated heterocycles. The van der Waals surface area contributed by atoms with Gasteiger partial charge in [-0.25, -0.2) is 4.39 Å². The molecular weight excluding hydrogens is 273 g/mol. The Kier molecular flexibility index (Phi) is 5.12. The number of thiophene rings is 1. The summed E-state index contributed by atoms with van der Waals surface area (Å²) in [5.41, 5.74) is 1.02. The number of nitrogens with zero attached hydrogens (tertiary/aromatic N) is 1.